The van der Waals surface area contributed by atoms with Crippen molar-refractivity contribution in [2.45, 2.75) is 33.1 Å². The molecule has 1 saturated heterocycles. The van der Waals surface area contributed by atoms with Gasteiger partial charge in [-0.1, -0.05) is 13.8 Å². The Morgan fingerprint density at radius 1 is 1.23 bits per heavy atom. The summed E-state index contributed by atoms with van der Waals surface area (Å²) in [6.45, 7) is 5.54. The van der Waals surface area contributed by atoms with Crippen LogP contribution >= 0.6 is 0 Å². The highest BCUT2D eigenvalue weighted by atomic mass is 16.2. The SMILES string of the molecule is CC1CC(C2CCNC2=O)C[C@H]1C. The van der Waals surface area contributed by atoms with Crippen molar-refractivity contribution in [3.05, 3.63) is 0 Å². The van der Waals surface area contributed by atoms with E-state index in [9.17, 15) is 4.79 Å². The van der Waals surface area contributed by atoms with Crippen LogP contribution in [0.3, 0.4) is 0 Å². The molecule has 2 rings (SSSR count). The maximum atomic E-state index is 11.5. The molecule has 1 amide bonds. The van der Waals surface area contributed by atoms with Crippen LogP contribution in [0.15, 0.2) is 0 Å². The normalized spacial score (nSPS) is 45.2. The van der Waals surface area contributed by atoms with Crippen molar-refractivity contribution in [1.29, 1.82) is 0 Å². The summed E-state index contributed by atoms with van der Waals surface area (Å²) in [7, 11) is 0. The van der Waals surface area contributed by atoms with Crippen LogP contribution < -0.4 is 5.32 Å². The molecule has 2 aliphatic rings. The highest BCUT2D eigenvalue weighted by molar-refractivity contribution is 5.80. The molecule has 0 spiro atoms. The molecule has 0 bridgehead atoms. The fraction of sp³-hybridized carbons (Fsp3) is 0.909. The zero-order chi connectivity index (χ0) is 9.42. The first kappa shape index (κ1) is 9.04. The Labute approximate surface area is 80.1 Å². The van der Waals surface area contributed by atoms with Crippen molar-refractivity contribution in [1.82, 2.24) is 5.32 Å². The molecule has 0 aromatic rings. The van der Waals surface area contributed by atoms with E-state index in [0.717, 1.165) is 24.8 Å². The predicted molar refractivity (Wildman–Crippen MR) is 52.2 cm³/mol. The minimum absolute atomic E-state index is 0.311. The molecule has 0 radical (unpaired) electrons. The summed E-state index contributed by atoms with van der Waals surface area (Å²) in [5, 5.41) is 2.94. The van der Waals surface area contributed by atoms with Gasteiger partial charge in [-0.2, -0.15) is 0 Å². The maximum absolute atomic E-state index is 11.5. The zero-order valence-corrected chi connectivity index (χ0v) is 8.55. The summed E-state index contributed by atoms with van der Waals surface area (Å²) >= 11 is 0. The van der Waals surface area contributed by atoms with E-state index >= 15 is 0 Å². The average Bonchev–Trinajstić information content (AvgIpc) is 2.60. The second-order valence-electron chi connectivity index (χ2n) is 4.87. The molecular formula is C11H19NO. The van der Waals surface area contributed by atoms with E-state index in [1.807, 2.05) is 0 Å². The van der Waals surface area contributed by atoms with E-state index < -0.39 is 0 Å². The van der Waals surface area contributed by atoms with E-state index in [2.05, 4.69) is 19.2 Å². The van der Waals surface area contributed by atoms with Crippen molar-refractivity contribution < 1.29 is 4.79 Å². The van der Waals surface area contributed by atoms with E-state index in [4.69, 9.17) is 0 Å². The largest absolute Gasteiger partial charge is 0.356 e. The minimum Gasteiger partial charge on any atom is -0.356 e. The molecule has 4 atom stereocenters. The fourth-order valence-corrected chi connectivity index (χ4v) is 2.91. The summed E-state index contributed by atoms with van der Waals surface area (Å²) in [6.07, 6.45) is 3.60. The molecule has 2 nitrogen and oxygen atoms in total. The van der Waals surface area contributed by atoms with E-state index in [1.165, 1.54) is 12.8 Å². The number of carbonyl (C=O) groups excluding carboxylic acids is 1. The number of nitrogens with one attached hydrogen (secondary N) is 1. The lowest BCUT2D eigenvalue weighted by molar-refractivity contribution is -0.123. The van der Waals surface area contributed by atoms with Crippen LogP contribution in [0.4, 0.5) is 0 Å². The highest BCUT2D eigenvalue weighted by Gasteiger charge is 2.38. The summed E-state index contributed by atoms with van der Waals surface area (Å²) in [4.78, 5) is 11.5. The number of amides is 1. The Balaban J connectivity index is 1.98. The molecule has 1 aliphatic heterocycles. The topological polar surface area (TPSA) is 29.1 Å². The van der Waals surface area contributed by atoms with Gasteiger partial charge in [0.15, 0.2) is 0 Å². The molecule has 74 valence electrons. The average molecular weight is 181 g/mol. The third-order valence-electron chi connectivity index (χ3n) is 3.98. The standard InChI is InChI=1S/C11H19NO/c1-7-5-9(6-8(7)2)10-3-4-12-11(10)13/h7-10H,3-6H2,1-2H3,(H,12,13)/t7-,8?,9?,10?/m1/s1. The summed E-state index contributed by atoms with van der Waals surface area (Å²) in [5.74, 6) is 2.96. The van der Waals surface area contributed by atoms with Gasteiger partial charge in [-0.3, -0.25) is 4.79 Å². The van der Waals surface area contributed by atoms with Crippen LogP contribution in [0.2, 0.25) is 0 Å². The van der Waals surface area contributed by atoms with Gasteiger partial charge in [0.1, 0.15) is 0 Å². The quantitative estimate of drug-likeness (QED) is 0.656. The first-order valence-corrected chi connectivity index (χ1v) is 5.46. The van der Waals surface area contributed by atoms with Gasteiger partial charge < -0.3 is 5.32 Å². The predicted octanol–water partition coefficient (Wildman–Crippen LogP) is 1.80. The van der Waals surface area contributed by atoms with Crippen molar-refractivity contribution in [2.24, 2.45) is 23.7 Å². The monoisotopic (exact) mass is 181 g/mol. The van der Waals surface area contributed by atoms with E-state index in [-0.39, 0.29) is 0 Å². The molecule has 1 aliphatic carbocycles. The smallest absolute Gasteiger partial charge is 0.223 e. The van der Waals surface area contributed by atoms with Crippen LogP contribution in [0.1, 0.15) is 33.1 Å². The molecule has 1 heterocycles. The Kier molecular flexibility index (Phi) is 2.31. The van der Waals surface area contributed by atoms with Crippen molar-refractivity contribution >= 4 is 5.91 Å². The number of carbonyl (C=O) groups is 1. The number of hydrogen-bond acceptors (Lipinski definition) is 1. The van der Waals surface area contributed by atoms with Gasteiger partial charge in [0.05, 0.1) is 0 Å². The Bertz CT molecular complexity index is 204. The summed E-state index contributed by atoms with van der Waals surface area (Å²) in [6, 6.07) is 0. The molecule has 1 N–H and O–H groups in total. The van der Waals surface area contributed by atoms with Crippen molar-refractivity contribution in [2.75, 3.05) is 6.54 Å². The van der Waals surface area contributed by atoms with Crippen LogP contribution in [-0.4, -0.2) is 12.5 Å². The lowest BCUT2D eigenvalue weighted by Crippen LogP contribution is -2.23. The van der Waals surface area contributed by atoms with E-state index in [1.54, 1.807) is 0 Å². The zero-order valence-electron chi connectivity index (χ0n) is 8.55. The van der Waals surface area contributed by atoms with E-state index in [0.29, 0.717) is 17.7 Å². The molecule has 2 heteroatoms. The highest BCUT2D eigenvalue weighted by Crippen LogP contribution is 2.41. The lowest BCUT2D eigenvalue weighted by Gasteiger charge is -2.14. The fourth-order valence-electron chi connectivity index (χ4n) is 2.91. The van der Waals surface area contributed by atoms with Crippen molar-refractivity contribution in [3.63, 3.8) is 0 Å². The van der Waals surface area contributed by atoms with Gasteiger partial charge in [-0.15, -0.1) is 0 Å². The first-order valence-electron chi connectivity index (χ1n) is 5.46. The molecule has 0 aromatic carbocycles. The molecule has 3 unspecified atom stereocenters. The lowest BCUT2D eigenvalue weighted by atomic mass is 9.89. The summed E-state index contributed by atoms with van der Waals surface area (Å²) in [5.41, 5.74) is 0. The minimum atomic E-state index is 0.311. The maximum Gasteiger partial charge on any atom is 0.223 e. The second-order valence-corrected chi connectivity index (χ2v) is 4.87. The first-order chi connectivity index (χ1) is 6.18. The van der Waals surface area contributed by atoms with Gasteiger partial charge in [0.2, 0.25) is 5.91 Å². The summed E-state index contributed by atoms with van der Waals surface area (Å²) < 4.78 is 0. The van der Waals surface area contributed by atoms with Crippen LogP contribution in [0.5, 0.6) is 0 Å². The van der Waals surface area contributed by atoms with Crippen molar-refractivity contribution in [3.8, 4) is 0 Å². The molecule has 2 fully saturated rings. The third kappa shape index (κ3) is 1.59. The van der Waals surface area contributed by atoms with Crippen LogP contribution in [0.25, 0.3) is 0 Å². The Hall–Kier alpha value is -0.530. The Morgan fingerprint density at radius 3 is 2.31 bits per heavy atom. The molecule has 0 aromatic heterocycles. The molecule has 13 heavy (non-hydrogen) atoms. The van der Waals surface area contributed by atoms with Gasteiger partial charge in [-0.25, -0.2) is 0 Å². The van der Waals surface area contributed by atoms with Gasteiger partial charge in [0.25, 0.3) is 0 Å². The van der Waals surface area contributed by atoms with Crippen LogP contribution in [0, 0.1) is 23.7 Å². The molecular weight excluding hydrogens is 162 g/mol. The number of hydrogen-bond donors (Lipinski definition) is 1. The third-order valence-corrected chi connectivity index (χ3v) is 3.98. The molecule has 1 saturated carbocycles. The van der Waals surface area contributed by atoms with Gasteiger partial charge in [-0.05, 0) is 37.0 Å². The Morgan fingerprint density at radius 2 is 1.85 bits per heavy atom. The van der Waals surface area contributed by atoms with Gasteiger partial charge >= 0.3 is 0 Å². The van der Waals surface area contributed by atoms with Gasteiger partial charge in [0, 0.05) is 12.5 Å². The second kappa shape index (κ2) is 3.32. The number of rotatable bonds is 1. The van der Waals surface area contributed by atoms with Crippen LogP contribution in [-0.2, 0) is 4.79 Å².